The number of thiophene rings is 2. The molecule has 0 bridgehead atoms. The van der Waals surface area contributed by atoms with E-state index in [9.17, 15) is 0 Å². The number of aromatic nitrogens is 4. The molecule has 2 aliphatic heterocycles. The minimum absolute atomic E-state index is 0.749. The van der Waals surface area contributed by atoms with Crippen molar-refractivity contribution in [2.24, 2.45) is 11.8 Å². The van der Waals surface area contributed by atoms with Crippen LogP contribution >= 0.6 is 54.5 Å². The number of anilines is 2. The molecule has 2 fully saturated rings. The van der Waals surface area contributed by atoms with Crippen LogP contribution in [0.15, 0.2) is 23.4 Å². The highest BCUT2D eigenvalue weighted by Crippen LogP contribution is 2.34. The molecule has 186 valence electrons. The largest absolute Gasteiger partial charge is 0.356 e. The maximum atomic E-state index is 4.52. The van der Waals surface area contributed by atoms with E-state index in [-0.39, 0.29) is 0 Å². The van der Waals surface area contributed by atoms with Gasteiger partial charge in [0.1, 0.15) is 34.0 Å². The van der Waals surface area contributed by atoms with E-state index < -0.39 is 0 Å². The molecule has 35 heavy (non-hydrogen) atoms. The van der Waals surface area contributed by atoms with Crippen LogP contribution < -0.4 is 9.80 Å². The number of alkyl halides is 2. The summed E-state index contributed by atoms with van der Waals surface area (Å²) in [6, 6.07) is 0. The van der Waals surface area contributed by atoms with Crippen LogP contribution in [0, 0.1) is 25.7 Å². The van der Waals surface area contributed by atoms with E-state index in [0.717, 1.165) is 70.0 Å². The summed E-state index contributed by atoms with van der Waals surface area (Å²) in [6.07, 6.45) is 7.14. The number of hydrogen-bond acceptors (Lipinski definition) is 8. The SMILES string of the molecule is Cc1csc2ncnc(N3CCC(CBr)C3)c12.Cc1csc2ncnc(N3CCC(CBr)CC3)c12. The molecule has 1 unspecified atom stereocenters. The van der Waals surface area contributed by atoms with Gasteiger partial charge in [0.05, 0.1) is 10.8 Å². The minimum atomic E-state index is 0.749. The Morgan fingerprint density at radius 2 is 1.23 bits per heavy atom. The van der Waals surface area contributed by atoms with Crippen LogP contribution in [0.1, 0.15) is 30.4 Å². The number of aryl methyl sites for hydroxylation is 2. The summed E-state index contributed by atoms with van der Waals surface area (Å²) in [7, 11) is 0. The maximum Gasteiger partial charge on any atom is 0.141 e. The van der Waals surface area contributed by atoms with Crippen LogP contribution in [0.3, 0.4) is 0 Å². The highest BCUT2D eigenvalue weighted by atomic mass is 79.9. The van der Waals surface area contributed by atoms with Gasteiger partial charge in [-0.2, -0.15) is 0 Å². The van der Waals surface area contributed by atoms with Crippen molar-refractivity contribution in [3.05, 3.63) is 34.5 Å². The van der Waals surface area contributed by atoms with Crippen LogP contribution in [-0.2, 0) is 0 Å². The predicted octanol–water partition coefficient (Wildman–Crippen LogP) is 6.83. The number of rotatable bonds is 4. The van der Waals surface area contributed by atoms with Crippen molar-refractivity contribution in [2.75, 3.05) is 46.6 Å². The average Bonchev–Trinajstić information content (AvgIpc) is 3.63. The summed E-state index contributed by atoms with van der Waals surface area (Å²) < 4.78 is 0. The third kappa shape index (κ3) is 5.36. The number of fused-ring (bicyclic) bond motifs is 2. The number of nitrogens with zero attached hydrogens (tertiary/aromatic N) is 6. The minimum Gasteiger partial charge on any atom is -0.356 e. The van der Waals surface area contributed by atoms with E-state index in [2.05, 4.69) is 86.2 Å². The first kappa shape index (κ1) is 25.3. The summed E-state index contributed by atoms with van der Waals surface area (Å²) in [4.78, 5) is 24.8. The molecule has 0 aliphatic carbocycles. The van der Waals surface area contributed by atoms with Crippen molar-refractivity contribution in [3.8, 4) is 0 Å². The lowest BCUT2D eigenvalue weighted by atomic mass is 9.99. The standard InChI is InChI=1S/C13H16BrN3S.C12H14BrN3S/c1-9-7-18-13-11(9)12(15-8-16-13)17-4-2-10(6-14)3-5-17;1-8-6-17-12-10(8)11(14-7-15-12)16-3-2-9(4-13)5-16/h7-8,10H,2-6H2,1H3;6-7,9H,2-5H2,1H3. The molecule has 1 atom stereocenters. The summed E-state index contributed by atoms with van der Waals surface area (Å²) in [5.41, 5.74) is 2.59. The van der Waals surface area contributed by atoms with Crippen LogP contribution in [0.25, 0.3) is 20.4 Å². The Balaban J connectivity index is 0.000000145. The van der Waals surface area contributed by atoms with Gasteiger partial charge in [-0.15, -0.1) is 22.7 Å². The zero-order valence-electron chi connectivity index (χ0n) is 20.1. The van der Waals surface area contributed by atoms with Crippen molar-refractivity contribution >= 4 is 86.6 Å². The molecule has 2 saturated heterocycles. The Morgan fingerprint density at radius 3 is 1.74 bits per heavy atom. The normalized spacial score (nSPS) is 18.9. The van der Waals surface area contributed by atoms with E-state index in [1.54, 1.807) is 35.3 Å². The lowest BCUT2D eigenvalue weighted by Gasteiger charge is -2.32. The van der Waals surface area contributed by atoms with Gasteiger partial charge < -0.3 is 9.80 Å². The van der Waals surface area contributed by atoms with E-state index >= 15 is 0 Å². The molecule has 6 rings (SSSR count). The van der Waals surface area contributed by atoms with E-state index in [4.69, 9.17) is 0 Å². The van der Waals surface area contributed by atoms with E-state index in [0.29, 0.717) is 0 Å². The van der Waals surface area contributed by atoms with Crippen molar-refractivity contribution in [1.29, 1.82) is 0 Å². The number of piperidine rings is 1. The van der Waals surface area contributed by atoms with Crippen LogP contribution in [-0.4, -0.2) is 56.8 Å². The molecule has 0 amide bonds. The van der Waals surface area contributed by atoms with Crippen LogP contribution in [0.5, 0.6) is 0 Å². The molecule has 4 aromatic heterocycles. The Bertz CT molecular complexity index is 1280. The Morgan fingerprint density at radius 1 is 0.743 bits per heavy atom. The molecule has 0 spiro atoms. The zero-order chi connectivity index (χ0) is 24.4. The van der Waals surface area contributed by atoms with Crippen molar-refractivity contribution in [1.82, 2.24) is 19.9 Å². The molecular weight excluding hydrogens is 608 g/mol. The molecule has 0 saturated carbocycles. The van der Waals surface area contributed by atoms with Gasteiger partial charge in [-0.3, -0.25) is 0 Å². The second-order valence-corrected chi connectivity index (χ2v) is 12.4. The molecule has 0 aromatic carbocycles. The van der Waals surface area contributed by atoms with Crippen molar-refractivity contribution < 1.29 is 0 Å². The number of halogens is 2. The van der Waals surface area contributed by atoms with Crippen molar-refractivity contribution in [3.63, 3.8) is 0 Å². The molecule has 0 radical (unpaired) electrons. The maximum absolute atomic E-state index is 4.52. The van der Waals surface area contributed by atoms with Gasteiger partial charge in [-0.25, -0.2) is 19.9 Å². The summed E-state index contributed by atoms with van der Waals surface area (Å²) >= 11 is 10.6. The highest BCUT2D eigenvalue weighted by molar-refractivity contribution is 9.09. The topological polar surface area (TPSA) is 58.0 Å². The monoisotopic (exact) mass is 636 g/mol. The fourth-order valence-corrected chi connectivity index (χ4v) is 7.87. The zero-order valence-corrected chi connectivity index (χ0v) is 24.9. The Hall–Kier alpha value is -1.36. The van der Waals surface area contributed by atoms with Gasteiger partial charge in [-0.1, -0.05) is 31.9 Å². The van der Waals surface area contributed by atoms with Crippen LogP contribution in [0.4, 0.5) is 11.6 Å². The average molecular weight is 638 g/mol. The van der Waals surface area contributed by atoms with Crippen LogP contribution in [0.2, 0.25) is 0 Å². The van der Waals surface area contributed by atoms with E-state index in [1.165, 1.54) is 41.2 Å². The quantitative estimate of drug-likeness (QED) is 0.229. The first-order chi connectivity index (χ1) is 17.1. The van der Waals surface area contributed by atoms with E-state index in [1.807, 2.05) is 0 Å². The first-order valence-electron chi connectivity index (χ1n) is 12.1. The third-order valence-electron chi connectivity index (χ3n) is 7.00. The van der Waals surface area contributed by atoms with Gasteiger partial charge >= 0.3 is 0 Å². The van der Waals surface area contributed by atoms with Gasteiger partial charge in [0, 0.05) is 36.8 Å². The summed E-state index contributed by atoms with van der Waals surface area (Å²) in [6.45, 7) is 8.72. The summed E-state index contributed by atoms with van der Waals surface area (Å²) in [5.74, 6) is 3.82. The summed E-state index contributed by atoms with van der Waals surface area (Å²) in [5, 5.41) is 9.04. The lowest BCUT2D eigenvalue weighted by molar-refractivity contribution is 0.446. The molecule has 10 heteroatoms. The number of hydrogen-bond donors (Lipinski definition) is 0. The second-order valence-electron chi connectivity index (χ2n) is 9.43. The molecule has 6 heterocycles. The van der Waals surface area contributed by atoms with Gasteiger partial charge in [0.2, 0.25) is 0 Å². The molecule has 6 nitrogen and oxygen atoms in total. The van der Waals surface area contributed by atoms with Gasteiger partial charge in [0.15, 0.2) is 0 Å². The Labute approximate surface area is 231 Å². The smallest absolute Gasteiger partial charge is 0.141 e. The predicted molar refractivity (Wildman–Crippen MR) is 157 cm³/mol. The fourth-order valence-electron chi connectivity index (χ4n) is 4.93. The second kappa shape index (κ2) is 11.4. The molecule has 4 aromatic rings. The molecule has 0 N–H and O–H groups in total. The first-order valence-corrected chi connectivity index (χ1v) is 16.1. The van der Waals surface area contributed by atoms with Gasteiger partial charge in [0.25, 0.3) is 0 Å². The van der Waals surface area contributed by atoms with Gasteiger partial charge in [-0.05, 0) is 66.8 Å². The lowest BCUT2D eigenvalue weighted by Crippen LogP contribution is -2.34. The Kier molecular flexibility index (Phi) is 8.21. The molecule has 2 aliphatic rings. The fraction of sp³-hybridized carbons (Fsp3) is 0.520. The third-order valence-corrected chi connectivity index (χ3v) is 10.8. The highest BCUT2D eigenvalue weighted by Gasteiger charge is 2.25. The molecular formula is C25H30Br2N6S2. The van der Waals surface area contributed by atoms with Crippen molar-refractivity contribution in [2.45, 2.75) is 33.1 Å².